The molecule has 0 aromatic heterocycles. The Morgan fingerprint density at radius 2 is 2.10 bits per heavy atom. The van der Waals surface area contributed by atoms with Crippen LogP contribution in [-0.2, 0) is 9.47 Å². The van der Waals surface area contributed by atoms with Crippen LogP contribution in [0, 0.1) is 5.41 Å². The largest absolute Gasteiger partial charge is 0.383 e. The number of carbonyl (C=O) groups excluding carboxylic acids is 1. The third-order valence-corrected chi connectivity index (χ3v) is 5.01. The summed E-state index contributed by atoms with van der Waals surface area (Å²) in [6.45, 7) is 3.94. The maximum Gasteiger partial charge on any atom is 0.317 e. The Bertz CT molecular complexity index is 329. The van der Waals surface area contributed by atoms with Gasteiger partial charge in [-0.05, 0) is 26.2 Å². The number of methoxy groups -OCH3 is 1. The standard InChI is InChI=1S/C15H28N2O3/c1-4-20-13-11-12(15(13)7-5-6-8-15)17(2)14(18)16-9-10-19-3/h12-13H,4-11H2,1-3H3,(H,16,18)/t12-,13+/m0/s1. The lowest BCUT2D eigenvalue weighted by molar-refractivity contribution is -0.151. The lowest BCUT2D eigenvalue weighted by Gasteiger charge is -2.56. The summed E-state index contributed by atoms with van der Waals surface area (Å²) in [5.41, 5.74) is 0.212. The van der Waals surface area contributed by atoms with E-state index in [0.29, 0.717) is 25.3 Å². The number of hydrogen-bond donors (Lipinski definition) is 1. The number of rotatable bonds is 6. The molecule has 0 bridgehead atoms. The number of urea groups is 1. The molecule has 116 valence electrons. The quantitative estimate of drug-likeness (QED) is 0.759. The molecule has 1 spiro atoms. The summed E-state index contributed by atoms with van der Waals surface area (Å²) in [6.07, 6.45) is 6.23. The lowest BCUT2D eigenvalue weighted by atomic mass is 9.60. The van der Waals surface area contributed by atoms with E-state index in [9.17, 15) is 4.79 Å². The third kappa shape index (κ3) is 2.79. The molecule has 2 aliphatic rings. The molecule has 1 N–H and O–H groups in total. The SMILES string of the molecule is CCO[C@@H]1C[C@H](N(C)C(=O)NCCOC)C12CCCC2. The molecule has 0 unspecified atom stereocenters. The van der Waals surface area contributed by atoms with Gasteiger partial charge in [0.1, 0.15) is 0 Å². The van der Waals surface area contributed by atoms with Crippen molar-refractivity contribution in [2.24, 2.45) is 5.41 Å². The summed E-state index contributed by atoms with van der Waals surface area (Å²) >= 11 is 0. The van der Waals surface area contributed by atoms with Crippen molar-refractivity contribution >= 4 is 6.03 Å². The topological polar surface area (TPSA) is 50.8 Å². The minimum Gasteiger partial charge on any atom is -0.383 e. The maximum absolute atomic E-state index is 12.2. The Morgan fingerprint density at radius 3 is 2.70 bits per heavy atom. The number of amides is 2. The molecule has 0 aromatic rings. The molecule has 0 heterocycles. The van der Waals surface area contributed by atoms with Crippen LogP contribution in [0.5, 0.6) is 0 Å². The number of nitrogens with one attached hydrogen (secondary N) is 1. The van der Waals surface area contributed by atoms with Crippen molar-refractivity contribution < 1.29 is 14.3 Å². The Morgan fingerprint density at radius 1 is 1.40 bits per heavy atom. The Balaban J connectivity index is 1.92. The third-order valence-electron chi connectivity index (χ3n) is 5.01. The average molecular weight is 284 g/mol. The summed E-state index contributed by atoms with van der Waals surface area (Å²) in [5.74, 6) is 0. The predicted octanol–water partition coefficient (Wildman–Crippen LogP) is 2.01. The summed E-state index contributed by atoms with van der Waals surface area (Å²) in [5, 5.41) is 2.91. The molecule has 0 aromatic carbocycles. The lowest BCUT2D eigenvalue weighted by Crippen LogP contribution is -2.65. The molecule has 20 heavy (non-hydrogen) atoms. The Hall–Kier alpha value is -0.810. The first-order valence-electron chi connectivity index (χ1n) is 7.77. The fourth-order valence-electron chi connectivity index (χ4n) is 3.92. The molecule has 2 fully saturated rings. The number of nitrogens with zero attached hydrogens (tertiary/aromatic N) is 1. The van der Waals surface area contributed by atoms with Crippen LogP contribution in [0.1, 0.15) is 39.0 Å². The Labute approximate surface area is 122 Å². The van der Waals surface area contributed by atoms with E-state index in [0.717, 1.165) is 13.0 Å². The van der Waals surface area contributed by atoms with Gasteiger partial charge >= 0.3 is 6.03 Å². The molecule has 0 saturated heterocycles. The molecular weight excluding hydrogens is 256 g/mol. The fraction of sp³-hybridized carbons (Fsp3) is 0.933. The van der Waals surface area contributed by atoms with Gasteiger partial charge in [-0.1, -0.05) is 12.8 Å². The highest BCUT2D eigenvalue weighted by Gasteiger charge is 2.58. The van der Waals surface area contributed by atoms with E-state index in [1.807, 2.05) is 11.9 Å². The highest BCUT2D eigenvalue weighted by atomic mass is 16.5. The van der Waals surface area contributed by atoms with Gasteiger partial charge < -0.3 is 19.7 Å². The molecule has 2 amide bonds. The van der Waals surface area contributed by atoms with Crippen molar-refractivity contribution in [3.63, 3.8) is 0 Å². The highest BCUT2D eigenvalue weighted by Crippen LogP contribution is 2.56. The molecule has 2 atom stereocenters. The smallest absolute Gasteiger partial charge is 0.317 e. The maximum atomic E-state index is 12.2. The molecule has 5 nitrogen and oxygen atoms in total. The van der Waals surface area contributed by atoms with Crippen molar-refractivity contribution in [3.05, 3.63) is 0 Å². The molecule has 2 aliphatic carbocycles. The van der Waals surface area contributed by atoms with Crippen LogP contribution in [0.3, 0.4) is 0 Å². The van der Waals surface area contributed by atoms with Gasteiger partial charge in [0.15, 0.2) is 0 Å². The van der Waals surface area contributed by atoms with Gasteiger partial charge in [-0.25, -0.2) is 4.79 Å². The van der Waals surface area contributed by atoms with Gasteiger partial charge in [0.05, 0.1) is 12.7 Å². The molecule has 0 radical (unpaired) electrons. The van der Waals surface area contributed by atoms with Crippen LogP contribution in [0.25, 0.3) is 0 Å². The van der Waals surface area contributed by atoms with Crippen LogP contribution < -0.4 is 5.32 Å². The van der Waals surface area contributed by atoms with Crippen LogP contribution in [0.2, 0.25) is 0 Å². The van der Waals surface area contributed by atoms with Gasteiger partial charge in [-0.3, -0.25) is 0 Å². The van der Waals surface area contributed by atoms with Crippen molar-refractivity contribution in [3.8, 4) is 0 Å². The first kappa shape index (κ1) is 15.6. The van der Waals surface area contributed by atoms with Gasteiger partial charge in [0.2, 0.25) is 0 Å². The number of hydrogen-bond acceptors (Lipinski definition) is 3. The van der Waals surface area contributed by atoms with Crippen molar-refractivity contribution in [1.82, 2.24) is 10.2 Å². The summed E-state index contributed by atoms with van der Waals surface area (Å²) < 4.78 is 10.9. The van der Waals surface area contributed by atoms with E-state index in [4.69, 9.17) is 9.47 Å². The predicted molar refractivity (Wildman–Crippen MR) is 77.8 cm³/mol. The summed E-state index contributed by atoms with van der Waals surface area (Å²) in [6, 6.07) is 0.331. The molecule has 2 rings (SSSR count). The van der Waals surface area contributed by atoms with Gasteiger partial charge in [-0.15, -0.1) is 0 Å². The molecule has 5 heteroatoms. The molecule has 2 saturated carbocycles. The van der Waals surface area contributed by atoms with E-state index < -0.39 is 0 Å². The van der Waals surface area contributed by atoms with E-state index >= 15 is 0 Å². The first-order valence-corrected chi connectivity index (χ1v) is 7.77. The van der Waals surface area contributed by atoms with Crippen molar-refractivity contribution in [2.45, 2.75) is 51.2 Å². The minimum atomic E-state index is 0.00766. The van der Waals surface area contributed by atoms with Crippen LogP contribution >= 0.6 is 0 Å². The van der Waals surface area contributed by atoms with E-state index in [2.05, 4.69) is 12.2 Å². The van der Waals surface area contributed by atoms with Crippen LogP contribution in [-0.4, -0.2) is 57.0 Å². The second-order valence-electron chi connectivity index (χ2n) is 5.97. The highest BCUT2D eigenvalue weighted by molar-refractivity contribution is 5.74. The van der Waals surface area contributed by atoms with Gasteiger partial charge in [0.25, 0.3) is 0 Å². The fourth-order valence-corrected chi connectivity index (χ4v) is 3.92. The van der Waals surface area contributed by atoms with Crippen molar-refractivity contribution in [2.75, 3.05) is 33.9 Å². The van der Waals surface area contributed by atoms with Crippen LogP contribution in [0.15, 0.2) is 0 Å². The average Bonchev–Trinajstić information content (AvgIpc) is 2.95. The zero-order valence-corrected chi connectivity index (χ0v) is 13.0. The van der Waals surface area contributed by atoms with Gasteiger partial charge in [-0.2, -0.15) is 0 Å². The minimum absolute atomic E-state index is 0.00766. The van der Waals surface area contributed by atoms with Gasteiger partial charge in [0, 0.05) is 38.8 Å². The normalized spacial score (nSPS) is 27.4. The number of carbonyl (C=O) groups is 1. The first-order chi connectivity index (χ1) is 9.65. The Kier molecular flexibility index (Phi) is 5.27. The van der Waals surface area contributed by atoms with Crippen molar-refractivity contribution in [1.29, 1.82) is 0 Å². The van der Waals surface area contributed by atoms with E-state index in [1.165, 1.54) is 25.7 Å². The van der Waals surface area contributed by atoms with Crippen LogP contribution in [0.4, 0.5) is 4.79 Å². The number of ether oxygens (including phenoxy) is 2. The molecule has 0 aliphatic heterocycles. The van der Waals surface area contributed by atoms with E-state index in [-0.39, 0.29) is 11.4 Å². The zero-order chi connectivity index (χ0) is 14.6. The van der Waals surface area contributed by atoms with E-state index in [1.54, 1.807) is 7.11 Å². The molecular formula is C15H28N2O3. The second-order valence-corrected chi connectivity index (χ2v) is 5.97. The monoisotopic (exact) mass is 284 g/mol. The summed E-state index contributed by atoms with van der Waals surface area (Å²) in [7, 11) is 3.55. The zero-order valence-electron chi connectivity index (χ0n) is 13.0. The summed E-state index contributed by atoms with van der Waals surface area (Å²) in [4.78, 5) is 14.1. The second kappa shape index (κ2) is 6.76.